The number of halogens is 2. The van der Waals surface area contributed by atoms with Gasteiger partial charge in [0.2, 0.25) is 0 Å². The lowest BCUT2D eigenvalue weighted by atomic mass is 10.1. The minimum atomic E-state index is 0. The van der Waals surface area contributed by atoms with Crippen LogP contribution in [0.25, 0.3) is 22.9 Å². The summed E-state index contributed by atoms with van der Waals surface area (Å²) >= 11 is 6.21. The number of benzene rings is 1. The SMILES string of the molecule is CNC(C)Cc1noc(-c2ncoc2-c2ccccc2Cl)n1.Cl. The fraction of sp³-hybridized carbons (Fsp3) is 0.267. The van der Waals surface area contributed by atoms with Crippen LogP contribution in [0.5, 0.6) is 0 Å². The second-order valence-corrected chi connectivity index (χ2v) is 5.33. The van der Waals surface area contributed by atoms with Crippen LogP contribution in [0.3, 0.4) is 0 Å². The molecule has 2 aromatic heterocycles. The van der Waals surface area contributed by atoms with Gasteiger partial charge in [0.25, 0.3) is 5.89 Å². The van der Waals surface area contributed by atoms with E-state index in [4.69, 9.17) is 20.5 Å². The van der Waals surface area contributed by atoms with Crippen LogP contribution in [0.4, 0.5) is 0 Å². The van der Waals surface area contributed by atoms with Crippen LogP contribution < -0.4 is 5.32 Å². The van der Waals surface area contributed by atoms with E-state index in [0.29, 0.717) is 34.6 Å². The van der Waals surface area contributed by atoms with E-state index in [0.717, 1.165) is 5.56 Å². The normalized spacial score (nSPS) is 12.0. The fourth-order valence-corrected chi connectivity index (χ4v) is 2.27. The molecule has 1 aromatic carbocycles. The van der Waals surface area contributed by atoms with Crippen LogP contribution in [-0.2, 0) is 6.42 Å². The third-order valence-electron chi connectivity index (χ3n) is 3.34. The fourth-order valence-electron chi connectivity index (χ4n) is 2.04. The second kappa shape index (κ2) is 7.59. The highest BCUT2D eigenvalue weighted by Gasteiger charge is 2.21. The molecule has 3 rings (SSSR count). The lowest BCUT2D eigenvalue weighted by molar-refractivity contribution is 0.417. The first-order chi connectivity index (χ1) is 10.7. The third-order valence-corrected chi connectivity index (χ3v) is 3.67. The predicted molar refractivity (Wildman–Crippen MR) is 89.7 cm³/mol. The highest BCUT2D eigenvalue weighted by molar-refractivity contribution is 6.33. The van der Waals surface area contributed by atoms with Gasteiger partial charge in [-0.2, -0.15) is 4.98 Å². The van der Waals surface area contributed by atoms with Crippen LogP contribution >= 0.6 is 24.0 Å². The average molecular weight is 355 g/mol. The van der Waals surface area contributed by atoms with Gasteiger partial charge in [-0.1, -0.05) is 28.9 Å². The molecule has 0 aliphatic rings. The molecular weight excluding hydrogens is 339 g/mol. The monoisotopic (exact) mass is 354 g/mol. The molecular formula is C15H16Cl2N4O2. The zero-order valence-corrected chi connectivity index (χ0v) is 14.2. The molecule has 2 heterocycles. The number of oxazole rings is 1. The Hall–Kier alpha value is -1.89. The van der Waals surface area contributed by atoms with Crippen molar-refractivity contribution in [2.24, 2.45) is 0 Å². The van der Waals surface area contributed by atoms with Crippen molar-refractivity contribution in [1.82, 2.24) is 20.4 Å². The number of likely N-dealkylation sites (N-methyl/N-ethyl adjacent to an activating group) is 1. The van der Waals surface area contributed by atoms with E-state index in [2.05, 4.69) is 20.4 Å². The van der Waals surface area contributed by atoms with Gasteiger partial charge in [0.15, 0.2) is 23.7 Å². The van der Waals surface area contributed by atoms with E-state index in [1.54, 1.807) is 6.07 Å². The van der Waals surface area contributed by atoms with E-state index in [9.17, 15) is 0 Å². The molecule has 23 heavy (non-hydrogen) atoms. The van der Waals surface area contributed by atoms with Crippen molar-refractivity contribution >= 4 is 24.0 Å². The lowest BCUT2D eigenvalue weighted by Gasteiger charge is -2.04. The molecule has 0 amide bonds. The van der Waals surface area contributed by atoms with Crippen molar-refractivity contribution in [3.8, 4) is 22.9 Å². The van der Waals surface area contributed by atoms with Gasteiger partial charge in [-0.05, 0) is 26.1 Å². The number of nitrogens with zero attached hydrogens (tertiary/aromatic N) is 3. The van der Waals surface area contributed by atoms with Crippen molar-refractivity contribution in [1.29, 1.82) is 0 Å². The van der Waals surface area contributed by atoms with Gasteiger partial charge in [0.05, 0.1) is 5.02 Å². The molecule has 0 bridgehead atoms. The quantitative estimate of drug-likeness (QED) is 0.753. The van der Waals surface area contributed by atoms with Crippen molar-refractivity contribution in [3.63, 3.8) is 0 Å². The molecule has 0 spiro atoms. The van der Waals surface area contributed by atoms with Crippen LogP contribution in [0.2, 0.25) is 5.02 Å². The Morgan fingerprint density at radius 3 is 2.83 bits per heavy atom. The first-order valence-electron chi connectivity index (χ1n) is 6.87. The Morgan fingerprint density at radius 1 is 1.30 bits per heavy atom. The van der Waals surface area contributed by atoms with Crippen LogP contribution in [-0.4, -0.2) is 28.2 Å². The maximum absolute atomic E-state index is 6.21. The summed E-state index contributed by atoms with van der Waals surface area (Å²) in [4.78, 5) is 8.55. The minimum Gasteiger partial charge on any atom is -0.443 e. The summed E-state index contributed by atoms with van der Waals surface area (Å²) in [5.74, 6) is 1.45. The highest BCUT2D eigenvalue weighted by Crippen LogP contribution is 2.34. The van der Waals surface area contributed by atoms with Gasteiger partial charge in [-0.3, -0.25) is 0 Å². The van der Waals surface area contributed by atoms with Gasteiger partial charge in [0.1, 0.15) is 0 Å². The number of rotatable bonds is 5. The Labute approximate surface area is 144 Å². The lowest BCUT2D eigenvalue weighted by Crippen LogP contribution is -2.24. The Kier molecular flexibility index (Phi) is 5.76. The molecule has 122 valence electrons. The molecule has 1 N–H and O–H groups in total. The summed E-state index contributed by atoms with van der Waals surface area (Å²) in [7, 11) is 1.89. The largest absolute Gasteiger partial charge is 0.443 e. The summed E-state index contributed by atoms with van der Waals surface area (Å²) < 4.78 is 10.8. The average Bonchev–Trinajstić information content (AvgIpc) is 3.16. The summed E-state index contributed by atoms with van der Waals surface area (Å²) in [5, 5.41) is 7.68. The Balaban J connectivity index is 0.00000192. The molecule has 1 unspecified atom stereocenters. The number of hydrogen-bond donors (Lipinski definition) is 1. The molecule has 0 aliphatic carbocycles. The Bertz CT molecular complexity index is 772. The van der Waals surface area contributed by atoms with Gasteiger partial charge in [-0.25, -0.2) is 4.98 Å². The van der Waals surface area contributed by atoms with E-state index in [1.165, 1.54) is 6.39 Å². The molecule has 0 radical (unpaired) electrons. The van der Waals surface area contributed by atoms with E-state index in [-0.39, 0.29) is 18.4 Å². The zero-order chi connectivity index (χ0) is 15.5. The Morgan fingerprint density at radius 2 is 2.09 bits per heavy atom. The first-order valence-corrected chi connectivity index (χ1v) is 7.25. The topological polar surface area (TPSA) is 77.0 Å². The van der Waals surface area contributed by atoms with Crippen molar-refractivity contribution in [2.45, 2.75) is 19.4 Å². The molecule has 8 heteroatoms. The molecule has 0 fully saturated rings. The van der Waals surface area contributed by atoms with Crippen molar-refractivity contribution < 1.29 is 8.94 Å². The van der Waals surface area contributed by atoms with Crippen LogP contribution in [0, 0.1) is 0 Å². The molecule has 3 aromatic rings. The van der Waals surface area contributed by atoms with Gasteiger partial charge < -0.3 is 14.3 Å². The van der Waals surface area contributed by atoms with E-state index in [1.807, 2.05) is 32.2 Å². The summed E-state index contributed by atoms with van der Waals surface area (Å²) in [6.45, 7) is 2.04. The van der Waals surface area contributed by atoms with Gasteiger partial charge in [-0.15, -0.1) is 12.4 Å². The maximum Gasteiger partial charge on any atom is 0.280 e. The molecule has 0 aliphatic heterocycles. The molecule has 6 nitrogen and oxygen atoms in total. The van der Waals surface area contributed by atoms with E-state index >= 15 is 0 Å². The second-order valence-electron chi connectivity index (χ2n) is 4.92. The first kappa shape index (κ1) is 17.5. The number of aromatic nitrogens is 3. The third kappa shape index (κ3) is 3.72. The summed E-state index contributed by atoms with van der Waals surface area (Å²) in [6.07, 6.45) is 2.01. The summed E-state index contributed by atoms with van der Waals surface area (Å²) in [5.41, 5.74) is 1.23. The standard InChI is InChI=1S/C15H15ClN4O2.ClH/c1-9(17-2)7-12-19-15(22-20-12)13-14(21-8-18-13)10-5-3-4-6-11(10)16;/h3-6,8-9,17H,7H2,1-2H3;1H. The van der Waals surface area contributed by atoms with Gasteiger partial charge in [0, 0.05) is 18.0 Å². The predicted octanol–water partition coefficient (Wildman–Crippen LogP) is 3.62. The zero-order valence-electron chi connectivity index (χ0n) is 12.6. The molecule has 1 atom stereocenters. The number of nitrogens with one attached hydrogen (secondary N) is 1. The van der Waals surface area contributed by atoms with Crippen molar-refractivity contribution in [3.05, 3.63) is 41.5 Å². The highest BCUT2D eigenvalue weighted by atomic mass is 35.5. The molecule has 0 saturated heterocycles. The van der Waals surface area contributed by atoms with Crippen molar-refractivity contribution in [2.75, 3.05) is 7.05 Å². The van der Waals surface area contributed by atoms with Crippen LogP contribution in [0.1, 0.15) is 12.7 Å². The number of hydrogen-bond acceptors (Lipinski definition) is 6. The maximum atomic E-state index is 6.21. The van der Waals surface area contributed by atoms with E-state index < -0.39 is 0 Å². The molecule has 0 saturated carbocycles. The minimum absolute atomic E-state index is 0. The van der Waals surface area contributed by atoms with Gasteiger partial charge >= 0.3 is 0 Å². The van der Waals surface area contributed by atoms with Crippen LogP contribution in [0.15, 0.2) is 39.6 Å². The summed E-state index contributed by atoms with van der Waals surface area (Å²) in [6, 6.07) is 7.63. The smallest absolute Gasteiger partial charge is 0.280 e.